The summed E-state index contributed by atoms with van der Waals surface area (Å²) >= 11 is 0. The first-order valence-corrected chi connectivity index (χ1v) is 6.86. The molecule has 1 unspecified atom stereocenters. The molecule has 100 valence electrons. The number of aryl methyl sites for hydroxylation is 1. The van der Waals surface area contributed by atoms with E-state index in [9.17, 15) is 5.11 Å². The van der Waals surface area contributed by atoms with E-state index in [0.717, 1.165) is 24.0 Å². The Morgan fingerprint density at radius 1 is 1.11 bits per heavy atom. The van der Waals surface area contributed by atoms with Crippen molar-refractivity contribution < 1.29 is 5.11 Å². The Balaban J connectivity index is 2.14. The monoisotopic (exact) mass is 254 g/mol. The normalized spacial score (nSPS) is 17.8. The largest absolute Gasteiger partial charge is 0.385 e. The summed E-state index contributed by atoms with van der Waals surface area (Å²) in [6.07, 6.45) is 7.66. The molecule has 0 aromatic heterocycles. The van der Waals surface area contributed by atoms with E-state index >= 15 is 0 Å². The Hall–Kier alpha value is -1.60. The summed E-state index contributed by atoms with van der Waals surface area (Å²) < 4.78 is 0. The van der Waals surface area contributed by atoms with E-state index in [1.807, 2.05) is 6.08 Å². The first-order valence-electron chi connectivity index (χ1n) is 6.86. The van der Waals surface area contributed by atoms with E-state index in [-0.39, 0.29) is 0 Å². The molecule has 0 heterocycles. The van der Waals surface area contributed by atoms with E-state index in [0.29, 0.717) is 0 Å². The standard InChI is InChI=1S/C18H22O/c1-13-4-8-16(9-5-13)15(3)12-18(19)17-10-6-14(2)7-11-17/h4-6,8-10,12,18-19H,7,11H2,1-3H3. The molecule has 1 N–H and O–H groups in total. The highest BCUT2D eigenvalue weighted by atomic mass is 16.3. The first-order chi connectivity index (χ1) is 9.06. The molecule has 1 aromatic rings. The third-order valence-electron chi connectivity index (χ3n) is 3.68. The van der Waals surface area contributed by atoms with Gasteiger partial charge in [-0.3, -0.25) is 0 Å². The zero-order valence-electron chi connectivity index (χ0n) is 12.0. The maximum Gasteiger partial charge on any atom is 0.0940 e. The Kier molecular flexibility index (Phi) is 4.39. The van der Waals surface area contributed by atoms with Crippen LogP contribution in [0.4, 0.5) is 0 Å². The summed E-state index contributed by atoms with van der Waals surface area (Å²) in [5.41, 5.74) is 6.05. The molecule has 1 atom stereocenters. The molecule has 0 amide bonds. The first kappa shape index (κ1) is 13.8. The predicted octanol–water partition coefficient (Wildman–Crippen LogP) is 4.43. The molecular formula is C18H22O. The van der Waals surface area contributed by atoms with Crippen LogP contribution in [0.15, 0.2) is 53.6 Å². The quantitative estimate of drug-likeness (QED) is 0.846. The molecule has 0 bridgehead atoms. The van der Waals surface area contributed by atoms with Crippen LogP contribution < -0.4 is 0 Å². The van der Waals surface area contributed by atoms with Crippen molar-refractivity contribution in [3.05, 3.63) is 64.8 Å². The molecule has 0 saturated carbocycles. The maximum atomic E-state index is 10.3. The Bertz CT molecular complexity index is 529. The lowest BCUT2D eigenvalue weighted by atomic mass is 9.94. The van der Waals surface area contributed by atoms with Crippen molar-refractivity contribution in [1.82, 2.24) is 0 Å². The SMILES string of the molecule is CC1=CC=C(C(O)C=C(C)c2ccc(C)cc2)CC1. The summed E-state index contributed by atoms with van der Waals surface area (Å²) in [5, 5.41) is 10.3. The number of hydrogen-bond acceptors (Lipinski definition) is 1. The smallest absolute Gasteiger partial charge is 0.0940 e. The van der Waals surface area contributed by atoms with Gasteiger partial charge in [-0.15, -0.1) is 0 Å². The van der Waals surface area contributed by atoms with Crippen molar-refractivity contribution in [2.75, 3.05) is 0 Å². The number of rotatable bonds is 3. The van der Waals surface area contributed by atoms with Gasteiger partial charge in [-0.05, 0) is 56.4 Å². The third kappa shape index (κ3) is 3.68. The molecule has 0 radical (unpaired) electrons. The van der Waals surface area contributed by atoms with Crippen LogP contribution >= 0.6 is 0 Å². The number of benzene rings is 1. The molecule has 19 heavy (non-hydrogen) atoms. The van der Waals surface area contributed by atoms with Gasteiger partial charge in [-0.1, -0.05) is 47.6 Å². The minimum absolute atomic E-state index is 0.467. The van der Waals surface area contributed by atoms with Crippen LogP contribution in [0.3, 0.4) is 0 Å². The molecule has 1 aromatic carbocycles. The van der Waals surface area contributed by atoms with Crippen molar-refractivity contribution in [3.63, 3.8) is 0 Å². The predicted molar refractivity (Wildman–Crippen MR) is 81.9 cm³/mol. The van der Waals surface area contributed by atoms with E-state index in [2.05, 4.69) is 57.2 Å². The van der Waals surface area contributed by atoms with Gasteiger partial charge in [0.1, 0.15) is 0 Å². The van der Waals surface area contributed by atoms with Crippen molar-refractivity contribution in [1.29, 1.82) is 0 Å². The minimum atomic E-state index is -0.467. The number of allylic oxidation sites excluding steroid dienone is 4. The van der Waals surface area contributed by atoms with E-state index in [1.54, 1.807) is 0 Å². The maximum absolute atomic E-state index is 10.3. The molecule has 0 spiro atoms. The fourth-order valence-electron chi connectivity index (χ4n) is 2.26. The van der Waals surface area contributed by atoms with E-state index in [1.165, 1.54) is 16.7 Å². The van der Waals surface area contributed by atoms with Gasteiger partial charge in [-0.25, -0.2) is 0 Å². The van der Waals surface area contributed by atoms with Gasteiger partial charge in [0, 0.05) is 0 Å². The van der Waals surface area contributed by atoms with Crippen LogP contribution in [0.2, 0.25) is 0 Å². The summed E-state index contributed by atoms with van der Waals surface area (Å²) in [6.45, 7) is 6.27. The lowest BCUT2D eigenvalue weighted by molar-refractivity contribution is 0.254. The summed E-state index contributed by atoms with van der Waals surface area (Å²) in [5.74, 6) is 0. The van der Waals surface area contributed by atoms with Crippen molar-refractivity contribution in [2.24, 2.45) is 0 Å². The molecule has 1 heteroatoms. The molecule has 1 nitrogen and oxygen atoms in total. The van der Waals surface area contributed by atoms with Crippen LogP contribution in [0.5, 0.6) is 0 Å². The van der Waals surface area contributed by atoms with Crippen LogP contribution in [-0.4, -0.2) is 11.2 Å². The highest BCUT2D eigenvalue weighted by molar-refractivity contribution is 5.64. The highest BCUT2D eigenvalue weighted by Gasteiger charge is 2.11. The minimum Gasteiger partial charge on any atom is -0.385 e. The number of aliphatic hydroxyl groups is 1. The Morgan fingerprint density at radius 2 is 1.79 bits per heavy atom. The van der Waals surface area contributed by atoms with Crippen LogP contribution in [0.1, 0.15) is 37.8 Å². The Morgan fingerprint density at radius 3 is 2.37 bits per heavy atom. The van der Waals surface area contributed by atoms with Crippen LogP contribution in [0.25, 0.3) is 5.57 Å². The van der Waals surface area contributed by atoms with Crippen molar-refractivity contribution >= 4 is 5.57 Å². The fourth-order valence-corrected chi connectivity index (χ4v) is 2.26. The van der Waals surface area contributed by atoms with Gasteiger partial charge in [-0.2, -0.15) is 0 Å². The molecule has 1 aliphatic rings. The summed E-state index contributed by atoms with van der Waals surface area (Å²) in [6, 6.07) is 8.41. The Labute approximate surface area is 116 Å². The number of hydrogen-bond donors (Lipinski definition) is 1. The third-order valence-corrected chi connectivity index (χ3v) is 3.68. The molecule has 2 rings (SSSR count). The van der Waals surface area contributed by atoms with Gasteiger partial charge < -0.3 is 5.11 Å². The zero-order chi connectivity index (χ0) is 13.8. The second-order valence-corrected chi connectivity index (χ2v) is 5.42. The fraction of sp³-hybridized carbons (Fsp3) is 0.333. The van der Waals surface area contributed by atoms with Gasteiger partial charge in [0.05, 0.1) is 6.10 Å². The zero-order valence-corrected chi connectivity index (χ0v) is 12.0. The topological polar surface area (TPSA) is 20.2 Å². The molecule has 0 saturated heterocycles. The number of aliphatic hydroxyl groups excluding tert-OH is 1. The van der Waals surface area contributed by atoms with Gasteiger partial charge in [0.25, 0.3) is 0 Å². The van der Waals surface area contributed by atoms with Gasteiger partial charge in [0.15, 0.2) is 0 Å². The molecular weight excluding hydrogens is 232 g/mol. The second-order valence-electron chi connectivity index (χ2n) is 5.42. The average Bonchev–Trinajstić information content (AvgIpc) is 2.40. The van der Waals surface area contributed by atoms with Gasteiger partial charge >= 0.3 is 0 Å². The lowest BCUT2D eigenvalue weighted by Gasteiger charge is -2.16. The summed E-state index contributed by atoms with van der Waals surface area (Å²) in [4.78, 5) is 0. The second kappa shape index (κ2) is 6.03. The van der Waals surface area contributed by atoms with E-state index in [4.69, 9.17) is 0 Å². The highest BCUT2D eigenvalue weighted by Crippen LogP contribution is 2.23. The van der Waals surface area contributed by atoms with E-state index < -0.39 is 6.10 Å². The molecule has 0 fully saturated rings. The van der Waals surface area contributed by atoms with Gasteiger partial charge in [0.2, 0.25) is 0 Å². The van der Waals surface area contributed by atoms with Crippen molar-refractivity contribution in [2.45, 2.75) is 39.7 Å². The average molecular weight is 254 g/mol. The summed E-state index contributed by atoms with van der Waals surface area (Å²) in [7, 11) is 0. The van der Waals surface area contributed by atoms with Crippen molar-refractivity contribution in [3.8, 4) is 0 Å². The molecule has 0 aliphatic heterocycles. The lowest BCUT2D eigenvalue weighted by Crippen LogP contribution is -2.09. The molecule has 1 aliphatic carbocycles. The van der Waals surface area contributed by atoms with Crippen LogP contribution in [-0.2, 0) is 0 Å². The van der Waals surface area contributed by atoms with Crippen LogP contribution in [0, 0.1) is 6.92 Å².